The van der Waals surface area contributed by atoms with Gasteiger partial charge in [-0.25, -0.2) is 9.59 Å². The van der Waals surface area contributed by atoms with Crippen molar-refractivity contribution in [2.24, 2.45) is 0 Å². The van der Waals surface area contributed by atoms with Gasteiger partial charge in [-0.1, -0.05) is 54.6 Å². The standard InChI is InChI=1S/C20H13NO4/c22-19(15-10-6-11-16-18(15)25-20(23)21-16)24-17-12-5-4-9-14(17)13-7-2-1-3-8-13/h1-12H,(H,21,23). The molecule has 1 N–H and O–H groups in total. The number of carbonyl (C=O) groups excluding carboxylic acids is 1. The molecule has 25 heavy (non-hydrogen) atoms. The molecule has 0 bridgehead atoms. The van der Waals surface area contributed by atoms with E-state index >= 15 is 0 Å². The van der Waals surface area contributed by atoms with Gasteiger partial charge in [0.2, 0.25) is 0 Å². The normalized spacial score (nSPS) is 10.7. The Labute approximate surface area is 142 Å². The first-order valence-electron chi connectivity index (χ1n) is 7.71. The van der Waals surface area contributed by atoms with Crippen LogP contribution in [0.2, 0.25) is 0 Å². The summed E-state index contributed by atoms with van der Waals surface area (Å²) in [6.45, 7) is 0. The Bertz CT molecular complexity index is 1110. The molecule has 0 fully saturated rings. The Hall–Kier alpha value is -3.60. The summed E-state index contributed by atoms with van der Waals surface area (Å²) in [7, 11) is 0. The highest BCUT2D eigenvalue weighted by Gasteiger charge is 2.17. The third-order valence-electron chi connectivity index (χ3n) is 3.84. The maximum Gasteiger partial charge on any atom is 0.417 e. The molecule has 1 heterocycles. The van der Waals surface area contributed by atoms with E-state index in [4.69, 9.17) is 9.15 Å². The number of H-pyrrole nitrogens is 1. The van der Waals surface area contributed by atoms with Crippen molar-refractivity contribution in [1.29, 1.82) is 0 Å². The fourth-order valence-corrected chi connectivity index (χ4v) is 2.70. The number of hydrogen-bond acceptors (Lipinski definition) is 4. The molecule has 5 nitrogen and oxygen atoms in total. The van der Waals surface area contributed by atoms with Gasteiger partial charge >= 0.3 is 11.7 Å². The molecule has 0 saturated heterocycles. The van der Waals surface area contributed by atoms with Crippen LogP contribution in [-0.2, 0) is 0 Å². The van der Waals surface area contributed by atoms with E-state index in [1.807, 2.05) is 42.5 Å². The van der Waals surface area contributed by atoms with E-state index in [-0.39, 0.29) is 11.1 Å². The molecule has 0 aliphatic carbocycles. The van der Waals surface area contributed by atoms with Gasteiger partial charge in [-0.3, -0.25) is 4.98 Å². The van der Waals surface area contributed by atoms with Crippen LogP contribution >= 0.6 is 0 Å². The van der Waals surface area contributed by atoms with Crippen molar-refractivity contribution < 1.29 is 13.9 Å². The number of oxazole rings is 1. The minimum Gasteiger partial charge on any atom is -0.422 e. The molecular formula is C20H13NO4. The van der Waals surface area contributed by atoms with Crippen LogP contribution in [0.3, 0.4) is 0 Å². The Morgan fingerprint density at radius 2 is 1.64 bits per heavy atom. The van der Waals surface area contributed by atoms with Crippen LogP contribution in [0, 0.1) is 0 Å². The largest absolute Gasteiger partial charge is 0.422 e. The van der Waals surface area contributed by atoms with E-state index < -0.39 is 11.7 Å². The Balaban J connectivity index is 1.73. The molecule has 0 unspecified atom stereocenters. The number of benzene rings is 3. The second-order valence-corrected chi connectivity index (χ2v) is 5.45. The predicted molar refractivity (Wildman–Crippen MR) is 93.7 cm³/mol. The lowest BCUT2D eigenvalue weighted by atomic mass is 10.0. The molecule has 0 radical (unpaired) electrons. The first-order valence-corrected chi connectivity index (χ1v) is 7.71. The lowest BCUT2D eigenvalue weighted by Crippen LogP contribution is -2.09. The van der Waals surface area contributed by atoms with Crippen molar-refractivity contribution in [2.45, 2.75) is 0 Å². The second kappa shape index (κ2) is 6.13. The average molecular weight is 331 g/mol. The smallest absolute Gasteiger partial charge is 0.417 e. The topological polar surface area (TPSA) is 72.3 Å². The number of ether oxygens (including phenoxy) is 1. The summed E-state index contributed by atoms with van der Waals surface area (Å²) >= 11 is 0. The number of aromatic nitrogens is 1. The lowest BCUT2D eigenvalue weighted by Gasteiger charge is -2.10. The third-order valence-corrected chi connectivity index (χ3v) is 3.84. The van der Waals surface area contributed by atoms with Crippen LogP contribution < -0.4 is 10.5 Å². The number of nitrogens with one attached hydrogen (secondary N) is 1. The monoisotopic (exact) mass is 331 g/mol. The molecule has 3 aromatic carbocycles. The summed E-state index contributed by atoms with van der Waals surface area (Å²) in [6, 6.07) is 21.8. The van der Waals surface area contributed by atoms with Crippen molar-refractivity contribution in [3.8, 4) is 16.9 Å². The van der Waals surface area contributed by atoms with Crippen LogP contribution in [0.5, 0.6) is 5.75 Å². The van der Waals surface area contributed by atoms with Gasteiger partial charge in [0.25, 0.3) is 0 Å². The molecule has 0 saturated carbocycles. The van der Waals surface area contributed by atoms with Gasteiger partial charge in [0.05, 0.1) is 5.52 Å². The van der Waals surface area contributed by atoms with Gasteiger partial charge in [0.1, 0.15) is 11.3 Å². The molecule has 0 atom stereocenters. The third kappa shape index (κ3) is 2.83. The zero-order valence-corrected chi connectivity index (χ0v) is 13.1. The SMILES string of the molecule is O=C(Oc1ccccc1-c1ccccc1)c1cccc2[nH]c(=O)oc12. The lowest BCUT2D eigenvalue weighted by molar-refractivity contribution is 0.0736. The zero-order chi connectivity index (χ0) is 17.2. The highest BCUT2D eigenvalue weighted by molar-refractivity contribution is 6.02. The molecular weight excluding hydrogens is 318 g/mol. The number of aromatic amines is 1. The van der Waals surface area contributed by atoms with Crippen LogP contribution in [0.15, 0.2) is 82.0 Å². The van der Waals surface area contributed by atoms with Gasteiger partial charge < -0.3 is 9.15 Å². The van der Waals surface area contributed by atoms with Crippen molar-refractivity contribution in [3.63, 3.8) is 0 Å². The van der Waals surface area contributed by atoms with Crippen molar-refractivity contribution in [2.75, 3.05) is 0 Å². The van der Waals surface area contributed by atoms with Gasteiger partial charge in [-0.15, -0.1) is 0 Å². The molecule has 0 spiro atoms. The number of rotatable bonds is 3. The van der Waals surface area contributed by atoms with E-state index in [1.54, 1.807) is 30.3 Å². The summed E-state index contributed by atoms with van der Waals surface area (Å²) in [5.74, 6) is -0.759. The summed E-state index contributed by atoms with van der Waals surface area (Å²) in [4.78, 5) is 26.5. The predicted octanol–water partition coefficient (Wildman–Crippen LogP) is 4.01. The average Bonchev–Trinajstić information content (AvgIpc) is 3.03. The molecule has 1 aromatic heterocycles. The molecule has 0 aliphatic rings. The molecule has 4 aromatic rings. The quantitative estimate of drug-likeness (QED) is 0.455. The Morgan fingerprint density at radius 1 is 0.880 bits per heavy atom. The van der Waals surface area contributed by atoms with Crippen LogP contribution in [0.1, 0.15) is 10.4 Å². The highest BCUT2D eigenvalue weighted by Crippen LogP contribution is 2.30. The second-order valence-electron chi connectivity index (χ2n) is 5.45. The molecule has 4 rings (SSSR count). The van der Waals surface area contributed by atoms with Gasteiger partial charge in [0.15, 0.2) is 5.58 Å². The van der Waals surface area contributed by atoms with E-state index in [2.05, 4.69) is 4.98 Å². The zero-order valence-electron chi connectivity index (χ0n) is 13.1. The number of esters is 1. The van der Waals surface area contributed by atoms with E-state index in [9.17, 15) is 9.59 Å². The molecule has 0 amide bonds. The fourth-order valence-electron chi connectivity index (χ4n) is 2.70. The maximum absolute atomic E-state index is 12.6. The minimum atomic E-state index is -0.611. The number of carbonyl (C=O) groups is 1. The highest BCUT2D eigenvalue weighted by atomic mass is 16.5. The van der Waals surface area contributed by atoms with Crippen molar-refractivity contribution >= 4 is 17.1 Å². The Kier molecular flexibility index (Phi) is 3.67. The van der Waals surface area contributed by atoms with Crippen LogP contribution in [-0.4, -0.2) is 11.0 Å². The van der Waals surface area contributed by atoms with Gasteiger partial charge in [0, 0.05) is 5.56 Å². The van der Waals surface area contributed by atoms with E-state index in [1.165, 1.54) is 0 Å². The summed E-state index contributed by atoms with van der Waals surface area (Å²) < 4.78 is 10.6. The van der Waals surface area contributed by atoms with Crippen molar-refractivity contribution in [1.82, 2.24) is 4.98 Å². The number of hydrogen-bond donors (Lipinski definition) is 1. The fraction of sp³-hybridized carbons (Fsp3) is 0. The summed E-state index contributed by atoms with van der Waals surface area (Å²) in [6.07, 6.45) is 0. The van der Waals surface area contributed by atoms with Gasteiger partial charge in [-0.05, 0) is 23.8 Å². The number of fused-ring (bicyclic) bond motifs is 1. The Morgan fingerprint density at radius 3 is 2.48 bits per heavy atom. The molecule has 5 heteroatoms. The van der Waals surface area contributed by atoms with Crippen LogP contribution in [0.25, 0.3) is 22.2 Å². The van der Waals surface area contributed by atoms with Crippen molar-refractivity contribution in [3.05, 3.63) is 88.9 Å². The first-order chi connectivity index (χ1) is 12.2. The number of para-hydroxylation sites is 2. The van der Waals surface area contributed by atoms with Gasteiger partial charge in [-0.2, -0.15) is 0 Å². The summed E-state index contributed by atoms with van der Waals surface area (Å²) in [5.41, 5.74) is 2.58. The van der Waals surface area contributed by atoms with Crippen LogP contribution in [0.4, 0.5) is 0 Å². The summed E-state index contributed by atoms with van der Waals surface area (Å²) in [5, 5.41) is 0. The maximum atomic E-state index is 12.6. The minimum absolute atomic E-state index is 0.190. The van der Waals surface area contributed by atoms with E-state index in [0.29, 0.717) is 11.3 Å². The molecule has 0 aliphatic heterocycles. The van der Waals surface area contributed by atoms with E-state index in [0.717, 1.165) is 11.1 Å². The molecule has 122 valence electrons. The first kappa shape index (κ1) is 15.0.